The molecule has 48 heavy (non-hydrogen) atoms. The lowest BCUT2D eigenvalue weighted by molar-refractivity contribution is -0.126. The van der Waals surface area contributed by atoms with Crippen molar-refractivity contribution in [2.45, 2.75) is 12.8 Å². The molecule has 2 N–H and O–H groups in total. The first-order chi connectivity index (χ1) is 22.9. The molecule has 2 amide bonds. The van der Waals surface area contributed by atoms with Crippen LogP contribution in [-0.2, 0) is 4.79 Å². The van der Waals surface area contributed by atoms with E-state index in [1.54, 1.807) is 34.2 Å². The minimum absolute atomic E-state index is 0.0464. The second kappa shape index (κ2) is 14.3. The molecule has 3 aromatic heterocycles. The number of alkyl halides is 2. The highest BCUT2D eigenvalue weighted by atomic mass is 32.1. The first kappa shape index (κ1) is 34.1. The highest BCUT2D eigenvalue weighted by Gasteiger charge is 2.45. The van der Waals surface area contributed by atoms with Gasteiger partial charge < -0.3 is 30.1 Å². The van der Waals surface area contributed by atoms with Crippen molar-refractivity contribution in [3.05, 3.63) is 84.2 Å². The average molecular weight is 685 g/mol. The Morgan fingerprint density at radius 1 is 1.08 bits per heavy atom. The molecule has 2 fully saturated rings. The fraction of sp³-hybridized carbons (Fsp3) is 0.281. The molecule has 5 heterocycles. The van der Waals surface area contributed by atoms with Crippen LogP contribution in [0.2, 0.25) is 0 Å². The number of allylic oxidation sites excluding steroid dienone is 4. The van der Waals surface area contributed by atoms with Gasteiger partial charge in [-0.05, 0) is 37.3 Å². The number of aromatic nitrogens is 3. The molecule has 0 spiro atoms. The van der Waals surface area contributed by atoms with Gasteiger partial charge in [-0.1, -0.05) is 30.6 Å². The van der Waals surface area contributed by atoms with Gasteiger partial charge in [-0.15, -0.1) is 0 Å². The number of nitrogens with zero attached hydrogens (tertiary/aromatic N) is 6. The number of anilines is 4. The fourth-order valence-corrected chi connectivity index (χ4v) is 5.78. The molecule has 0 aromatic carbocycles. The summed E-state index contributed by atoms with van der Waals surface area (Å²) in [5, 5.41) is 5.41. The van der Waals surface area contributed by atoms with E-state index in [-0.39, 0.29) is 21.7 Å². The van der Waals surface area contributed by atoms with Gasteiger partial charge in [0.25, 0.3) is 11.8 Å². The topological polar surface area (TPSA) is 116 Å². The Hall–Kier alpha value is -5.25. The Morgan fingerprint density at radius 2 is 1.81 bits per heavy atom. The van der Waals surface area contributed by atoms with Crippen molar-refractivity contribution < 1.29 is 31.9 Å². The second-order valence-corrected chi connectivity index (χ2v) is 11.8. The van der Waals surface area contributed by atoms with E-state index >= 15 is 0 Å². The van der Waals surface area contributed by atoms with Crippen LogP contribution in [0.4, 0.5) is 40.0 Å². The van der Waals surface area contributed by atoms with E-state index in [1.807, 2.05) is 4.90 Å². The number of hydrogen-bond acceptors (Lipinski definition) is 10. The van der Waals surface area contributed by atoms with Crippen molar-refractivity contribution in [2.75, 3.05) is 61.5 Å². The van der Waals surface area contributed by atoms with Crippen molar-refractivity contribution in [3.63, 3.8) is 0 Å². The van der Waals surface area contributed by atoms with Crippen LogP contribution in [-0.4, -0.2) is 84.0 Å². The Kier molecular flexibility index (Phi) is 10.1. The number of piperazine rings is 1. The quantitative estimate of drug-likeness (QED) is 0.151. The van der Waals surface area contributed by atoms with Crippen molar-refractivity contribution in [2.24, 2.45) is 0 Å². The first-order valence-corrected chi connectivity index (χ1v) is 15.5. The minimum Gasteiger partial charge on any atom is -0.493 e. The van der Waals surface area contributed by atoms with Gasteiger partial charge >= 0.3 is 0 Å². The molecule has 0 saturated carbocycles. The summed E-state index contributed by atoms with van der Waals surface area (Å²) in [7, 11) is 1.44. The summed E-state index contributed by atoms with van der Waals surface area (Å²) in [6.45, 7) is 9.04. The minimum atomic E-state index is -2.82. The van der Waals surface area contributed by atoms with Crippen LogP contribution in [0.5, 0.6) is 5.75 Å². The molecule has 0 atom stereocenters. The molecule has 2 aliphatic heterocycles. The third-order valence-corrected chi connectivity index (χ3v) is 8.40. The maximum Gasteiger partial charge on any atom is 0.282 e. The largest absolute Gasteiger partial charge is 0.493 e. The third-order valence-electron chi connectivity index (χ3n) is 7.49. The molecule has 5 rings (SSSR count). The van der Waals surface area contributed by atoms with Crippen LogP contribution in [0.3, 0.4) is 0 Å². The Labute approximate surface area is 277 Å². The number of nitrogens with one attached hydrogen (secondary N) is 2. The smallest absolute Gasteiger partial charge is 0.282 e. The second-order valence-electron chi connectivity index (χ2n) is 10.8. The van der Waals surface area contributed by atoms with Crippen LogP contribution in [0.15, 0.2) is 79.3 Å². The lowest BCUT2D eigenvalue weighted by Crippen LogP contribution is -2.57. The van der Waals surface area contributed by atoms with E-state index in [4.69, 9.17) is 4.74 Å². The number of carbonyl (C=O) groups is 2. The number of rotatable bonds is 11. The Balaban J connectivity index is 1.39. The summed E-state index contributed by atoms with van der Waals surface area (Å²) < 4.78 is 61.4. The van der Waals surface area contributed by atoms with Crippen LogP contribution < -0.4 is 25.2 Å². The molecule has 3 aromatic rings. The number of halogens is 4. The zero-order valence-corrected chi connectivity index (χ0v) is 26.9. The number of hydrogen-bond donors (Lipinski definition) is 2. The predicted octanol–water partition coefficient (Wildman–Crippen LogP) is 5.61. The van der Waals surface area contributed by atoms with Gasteiger partial charge in [0.15, 0.2) is 22.5 Å². The normalized spacial score (nSPS) is 16.2. The van der Waals surface area contributed by atoms with Gasteiger partial charge in [0.05, 0.1) is 37.8 Å². The lowest BCUT2D eigenvalue weighted by Gasteiger charge is -2.43. The molecule has 252 valence electrons. The number of ether oxygens (including phenoxy) is 1. The highest BCUT2D eigenvalue weighted by Crippen LogP contribution is 2.40. The van der Waals surface area contributed by atoms with E-state index in [2.05, 4.69) is 38.7 Å². The van der Waals surface area contributed by atoms with Gasteiger partial charge in [0.1, 0.15) is 22.2 Å². The highest BCUT2D eigenvalue weighted by molar-refractivity contribution is 7.17. The number of carbonyl (C=O) groups excluding carboxylic acids is 2. The number of thiazole rings is 1. The monoisotopic (exact) mass is 684 g/mol. The SMILES string of the molecule is C=CC(=O)N1CCN(c2ncc(-c3ccc(OC)c(Nc4ncc(C(=O)N/C(C(=C)F)=C(F)/C=C\C)s4)n3)cc2N2CC(F)(F)C2)CC1. The first-order valence-electron chi connectivity index (χ1n) is 14.7. The van der Waals surface area contributed by atoms with Gasteiger partial charge in [-0.3, -0.25) is 9.59 Å². The molecular weight excluding hydrogens is 652 g/mol. The molecule has 0 aliphatic carbocycles. The summed E-state index contributed by atoms with van der Waals surface area (Å²) in [6, 6.07) is 5.09. The molecule has 2 aliphatic rings. The van der Waals surface area contributed by atoms with Gasteiger partial charge in [0.2, 0.25) is 5.91 Å². The van der Waals surface area contributed by atoms with Crippen LogP contribution in [0.1, 0.15) is 16.6 Å². The van der Waals surface area contributed by atoms with Crippen LogP contribution >= 0.6 is 11.3 Å². The van der Waals surface area contributed by atoms with E-state index < -0.39 is 42.3 Å². The summed E-state index contributed by atoms with van der Waals surface area (Å²) in [5.74, 6) is -4.83. The molecule has 0 bridgehead atoms. The van der Waals surface area contributed by atoms with Gasteiger partial charge in [0, 0.05) is 37.9 Å². The van der Waals surface area contributed by atoms with E-state index in [1.165, 1.54) is 32.4 Å². The number of amides is 2. The van der Waals surface area contributed by atoms with E-state index in [0.717, 1.165) is 17.4 Å². The summed E-state index contributed by atoms with van der Waals surface area (Å²) in [5.41, 5.74) is 0.809. The third kappa shape index (κ3) is 7.48. The average Bonchev–Trinajstić information content (AvgIpc) is 3.54. The molecule has 11 nitrogen and oxygen atoms in total. The summed E-state index contributed by atoms with van der Waals surface area (Å²) in [4.78, 5) is 43.5. The number of methoxy groups -OCH3 is 1. The van der Waals surface area contributed by atoms with Gasteiger partial charge in [-0.2, -0.15) is 0 Å². The maximum atomic E-state index is 14.2. The lowest BCUT2D eigenvalue weighted by atomic mass is 10.1. The van der Waals surface area contributed by atoms with E-state index in [9.17, 15) is 27.2 Å². The van der Waals surface area contributed by atoms with Crippen molar-refractivity contribution in [1.29, 1.82) is 0 Å². The summed E-state index contributed by atoms with van der Waals surface area (Å²) in [6.07, 6.45) is 6.43. The van der Waals surface area contributed by atoms with Gasteiger partial charge in [-0.25, -0.2) is 32.5 Å². The van der Waals surface area contributed by atoms with Crippen molar-refractivity contribution in [3.8, 4) is 17.0 Å². The molecular formula is C32H32F4N8O3S. The fourth-order valence-electron chi connectivity index (χ4n) is 5.07. The zero-order chi connectivity index (χ0) is 34.6. The van der Waals surface area contributed by atoms with Crippen LogP contribution in [0, 0.1) is 0 Å². The maximum absolute atomic E-state index is 14.2. The molecule has 0 unspecified atom stereocenters. The molecule has 2 saturated heterocycles. The Bertz CT molecular complexity index is 1800. The standard InChI is InChI=1S/C32H32F4N8O3S/c1-5-7-21(34)27(19(3)33)40-30(46)25-16-38-31(48-25)41-28-24(47-4)9-8-22(39-28)20-14-23(44-17-32(35,36)18-44)29(37-15-20)43-12-10-42(11-13-43)26(45)6-2/h5-9,14-16H,2-3,10-13,17-18H2,1,4H3,(H,40,46)(H,38,39,41)/b7-5-,27-21-. The van der Waals surface area contributed by atoms with E-state index in [0.29, 0.717) is 54.7 Å². The summed E-state index contributed by atoms with van der Waals surface area (Å²) >= 11 is 0.903. The predicted molar refractivity (Wildman–Crippen MR) is 176 cm³/mol. The molecule has 0 radical (unpaired) electrons. The van der Waals surface area contributed by atoms with Crippen molar-refractivity contribution >= 4 is 45.6 Å². The Morgan fingerprint density at radius 3 is 2.44 bits per heavy atom. The zero-order valence-electron chi connectivity index (χ0n) is 26.1. The van der Waals surface area contributed by atoms with Crippen LogP contribution in [0.25, 0.3) is 11.3 Å². The van der Waals surface area contributed by atoms with Crippen molar-refractivity contribution in [1.82, 2.24) is 25.2 Å². The molecule has 16 heteroatoms. The number of pyridine rings is 2.